The van der Waals surface area contributed by atoms with E-state index in [9.17, 15) is 19.7 Å². The lowest BCUT2D eigenvalue weighted by Gasteiger charge is -2.10. The zero-order valence-corrected chi connectivity index (χ0v) is 16.1. The maximum atomic E-state index is 12.6. The van der Waals surface area contributed by atoms with Gasteiger partial charge in [-0.2, -0.15) is 0 Å². The summed E-state index contributed by atoms with van der Waals surface area (Å²) in [5, 5.41) is 10.7. The van der Waals surface area contributed by atoms with Crippen LogP contribution in [0.3, 0.4) is 0 Å². The first-order valence-electron chi connectivity index (χ1n) is 9.81. The molecule has 6 nitrogen and oxygen atoms in total. The van der Waals surface area contributed by atoms with E-state index >= 15 is 0 Å². The van der Waals surface area contributed by atoms with Crippen LogP contribution >= 0.6 is 0 Å². The fourth-order valence-corrected chi connectivity index (χ4v) is 3.24. The van der Waals surface area contributed by atoms with Gasteiger partial charge < -0.3 is 4.74 Å². The van der Waals surface area contributed by atoms with Gasteiger partial charge in [0.15, 0.2) is 11.5 Å². The fourth-order valence-electron chi connectivity index (χ4n) is 3.24. The molecule has 0 radical (unpaired) electrons. The van der Waals surface area contributed by atoms with E-state index in [1.54, 1.807) is 6.08 Å². The lowest BCUT2D eigenvalue weighted by molar-refractivity contribution is -0.384. The molecule has 0 atom stereocenters. The number of hydrogen-bond donors (Lipinski definition) is 0. The Balaban J connectivity index is 1.70. The predicted octanol–water partition coefficient (Wildman–Crippen LogP) is 4.95. The molecule has 0 fully saturated rings. The van der Waals surface area contributed by atoms with Gasteiger partial charge in [0.1, 0.15) is 0 Å². The second-order valence-electron chi connectivity index (χ2n) is 7.10. The van der Waals surface area contributed by atoms with Crippen molar-refractivity contribution in [2.24, 2.45) is 0 Å². The highest BCUT2D eigenvalue weighted by Gasteiger charge is 2.18. The number of ether oxygens (including phenoxy) is 1. The SMILES string of the molecule is O=C1CCCCc2ccc(cc2)CCCC=C1OC(=O)c1ccc([N+](=O)[O-])cc1. The Morgan fingerprint density at radius 1 is 0.862 bits per heavy atom. The monoisotopic (exact) mass is 393 g/mol. The normalized spacial score (nSPS) is 15.3. The minimum Gasteiger partial charge on any atom is -0.419 e. The quantitative estimate of drug-likeness (QED) is 0.418. The van der Waals surface area contributed by atoms with Crippen molar-refractivity contribution in [2.75, 3.05) is 0 Å². The van der Waals surface area contributed by atoms with Crippen LogP contribution in [0.4, 0.5) is 5.69 Å². The summed E-state index contributed by atoms with van der Waals surface area (Å²) in [7, 11) is 0. The largest absolute Gasteiger partial charge is 0.419 e. The number of esters is 1. The summed E-state index contributed by atoms with van der Waals surface area (Å²) in [5.41, 5.74) is 2.57. The van der Waals surface area contributed by atoms with Crippen LogP contribution < -0.4 is 0 Å². The Labute approximate surface area is 169 Å². The van der Waals surface area contributed by atoms with E-state index in [1.165, 1.54) is 35.4 Å². The molecule has 2 aliphatic rings. The number of nitro benzene ring substituents is 1. The predicted molar refractivity (Wildman–Crippen MR) is 109 cm³/mol. The molecule has 0 unspecified atom stereocenters. The molecule has 2 bridgehead atoms. The summed E-state index contributed by atoms with van der Waals surface area (Å²) in [5.74, 6) is -0.805. The number of hydrogen-bond acceptors (Lipinski definition) is 5. The van der Waals surface area contributed by atoms with Crippen molar-refractivity contribution in [2.45, 2.75) is 44.9 Å². The van der Waals surface area contributed by atoms with E-state index in [-0.39, 0.29) is 22.8 Å². The van der Waals surface area contributed by atoms with Crippen LogP contribution in [0.5, 0.6) is 0 Å². The standard InChI is InChI=1S/C23H23NO5/c25-21-7-3-1-5-17-9-11-18(12-10-17)6-2-4-8-22(21)29-23(26)19-13-15-20(16-14-19)24(27)28/h8-16H,1-7H2. The summed E-state index contributed by atoms with van der Waals surface area (Å²) < 4.78 is 5.37. The lowest BCUT2D eigenvalue weighted by atomic mass is 10.0. The number of carbonyl (C=O) groups is 2. The smallest absolute Gasteiger partial charge is 0.343 e. The van der Waals surface area contributed by atoms with Gasteiger partial charge >= 0.3 is 5.97 Å². The van der Waals surface area contributed by atoms with Gasteiger partial charge in [-0.05, 0) is 67.9 Å². The third-order valence-electron chi connectivity index (χ3n) is 4.93. The first-order valence-corrected chi connectivity index (χ1v) is 9.81. The van der Waals surface area contributed by atoms with Gasteiger partial charge in [-0.3, -0.25) is 14.9 Å². The number of rotatable bonds is 3. The number of Topliss-reactive ketones (excluding diaryl/α,β-unsaturated/α-hetero) is 1. The molecule has 0 heterocycles. The molecule has 29 heavy (non-hydrogen) atoms. The Morgan fingerprint density at radius 3 is 2.07 bits per heavy atom. The van der Waals surface area contributed by atoms with E-state index in [4.69, 9.17) is 4.74 Å². The van der Waals surface area contributed by atoms with Crippen molar-refractivity contribution >= 4 is 17.4 Å². The van der Waals surface area contributed by atoms with Crippen LogP contribution in [-0.2, 0) is 22.4 Å². The van der Waals surface area contributed by atoms with Crippen LogP contribution in [0.1, 0.15) is 53.6 Å². The van der Waals surface area contributed by atoms with Crippen LogP contribution in [0.2, 0.25) is 0 Å². The van der Waals surface area contributed by atoms with Gasteiger partial charge in [0, 0.05) is 18.6 Å². The molecule has 0 amide bonds. The third kappa shape index (κ3) is 5.85. The van der Waals surface area contributed by atoms with Crippen LogP contribution in [-0.4, -0.2) is 16.7 Å². The van der Waals surface area contributed by atoms with Crippen molar-refractivity contribution in [1.29, 1.82) is 0 Å². The van der Waals surface area contributed by atoms with Crippen LogP contribution in [0.25, 0.3) is 0 Å². The van der Waals surface area contributed by atoms with Gasteiger partial charge in [0.2, 0.25) is 0 Å². The molecular formula is C23H23NO5. The summed E-state index contributed by atoms with van der Waals surface area (Å²) in [4.78, 5) is 35.2. The Hall–Kier alpha value is -3.28. The summed E-state index contributed by atoms with van der Waals surface area (Å²) in [6.45, 7) is 0. The molecule has 2 aromatic carbocycles. The van der Waals surface area contributed by atoms with E-state index in [2.05, 4.69) is 24.3 Å². The second-order valence-corrected chi connectivity index (χ2v) is 7.10. The van der Waals surface area contributed by atoms with Gasteiger partial charge in [-0.15, -0.1) is 0 Å². The third-order valence-corrected chi connectivity index (χ3v) is 4.93. The van der Waals surface area contributed by atoms with Gasteiger partial charge in [-0.25, -0.2) is 4.79 Å². The average molecular weight is 393 g/mol. The molecule has 150 valence electrons. The van der Waals surface area contributed by atoms with Crippen molar-refractivity contribution in [1.82, 2.24) is 0 Å². The zero-order valence-electron chi connectivity index (χ0n) is 16.1. The maximum Gasteiger partial charge on any atom is 0.343 e. The minimum atomic E-state index is -0.685. The van der Waals surface area contributed by atoms with Crippen LogP contribution in [0.15, 0.2) is 60.4 Å². The summed E-state index contributed by atoms with van der Waals surface area (Å²) in [6.07, 6.45) is 6.86. The first kappa shape index (κ1) is 20.5. The fraction of sp³-hybridized carbons (Fsp3) is 0.304. The summed E-state index contributed by atoms with van der Waals surface area (Å²) in [6, 6.07) is 13.7. The van der Waals surface area contributed by atoms with Gasteiger partial charge in [0.05, 0.1) is 10.5 Å². The van der Waals surface area contributed by atoms with E-state index in [0.717, 1.165) is 25.7 Å². The second kappa shape index (κ2) is 9.78. The van der Waals surface area contributed by atoms with E-state index < -0.39 is 10.9 Å². The Kier molecular flexibility index (Phi) is 6.89. The molecule has 0 spiro atoms. The number of benzene rings is 2. The number of nitrogens with zero attached hydrogens (tertiary/aromatic N) is 1. The molecule has 0 N–H and O–H groups in total. The van der Waals surface area contributed by atoms with Crippen molar-refractivity contribution in [3.8, 4) is 0 Å². The molecule has 2 aromatic rings. The topological polar surface area (TPSA) is 86.5 Å². The van der Waals surface area contributed by atoms with Crippen molar-refractivity contribution in [3.63, 3.8) is 0 Å². The van der Waals surface area contributed by atoms with Crippen molar-refractivity contribution < 1.29 is 19.2 Å². The molecule has 6 heteroatoms. The molecule has 4 rings (SSSR count). The number of allylic oxidation sites excluding steroid dienone is 2. The van der Waals surface area contributed by atoms with Crippen LogP contribution in [0, 0.1) is 10.1 Å². The molecular weight excluding hydrogens is 370 g/mol. The highest BCUT2D eigenvalue weighted by molar-refractivity contribution is 5.98. The highest BCUT2D eigenvalue weighted by Crippen LogP contribution is 2.18. The zero-order chi connectivity index (χ0) is 20.6. The number of carbonyl (C=O) groups excluding carboxylic acids is 2. The number of nitro groups is 1. The molecule has 0 aliphatic heterocycles. The molecule has 2 aliphatic carbocycles. The average Bonchev–Trinajstić information content (AvgIpc) is 2.73. The lowest BCUT2D eigenvalue weighted by Crippen LogP contribution is -2.13. The molecule has 0 saturated carbocycles. The van der Waals surface area contributed by atoms with Gasteiger partial charge in [-0.1, -0.05) is 24.3 Å². The summed E-state index contributed by atoms with van der Waals surface area (Å²) >= 11 is 0. The van der Waals surface area contributed by atoms with Crippen molar-refractivity contribution in [3.05, 3.63) is 87.2 Å². The van der Waals surface area contributed by atoms with Gasteiger partial charge in [0.25, 0.3) is 5.69 Å². The number of aryl methyl sites for hydroxylation is 2. The maximum absolute atomic E-state index is 12.6. The minimum absolute atomic E-state index is 0.0688. The number of ketones is 1. The Morgan fingerprint density at radius 2 is 1.45 bits per heavy atom. The molecule has 0 aromatic heterocycles. The van der Waals surface area contributed by atoms with E-state index in [0.29, 0.717) is 19.3 Å². The number of fused-ring (bicyclic) bond motifs is 10. The molecule has 0 saturated heterocycles. The highest BCUT2D eigenvalue weighted by atomic mass is 16.6. The Bertz CT molecular complexity index is 913. The number of non-ortho nitro benzene ring substituents is 1. The van der Waals surface area contributed by atoms with E-state index in [1.807, 2.05) is 0 Å². The first-order chi connectivity index (χ1) is 14.0.